The highest BCUT2D eigenvalue weighted by Crippen LogP contribution is 2.30. The maximum absolute atomic E-state index is 14.3. The predicted octanol–water partition coefficient (Wildman–Crippen LogP) is 2.57. The fourth-order valence-electron chi connectivity index (χ4n) is 7.90. The molecule has 304 valence electrons. The van der Waals surface area contributed by atoms with E-state index in [1.54, 1.807) is 44.7 Å². The lowest BCUT2D eigenvalue weighted by atomic mass is 9.89. The van der Waals surface area contributed by atoms with E-state index in [1.807, 2.05) is 58.0 Å². The monoisotopic (exact) mass is 758 g/mol. The third-order valence-corrected chi connectivity index (χ3v) is 11.5. The minimum Gasteiger partial charge on any atom is -0.394 e. The zero-order valence-electron chi connectivity index (χ0n) is 34.1. The molecule has 0 unspecified atom stereocenters. The zero-order valence-corrected chi connectivity index (χ0v) is 34.1. The Bertz CT molecular complexity index is 1410. The maximum atomic E-state index is 14.3. The van der Waals surface area contributed by atoms with Gasteiger partial charge in [-0.3, -0.25) is 19.2 Å². The van der Waals surface area contributed by atoms with Gasteiger partial charge in [0.2, 0.25) is 23.6 Å². The lowest BCUT2D eigenvalue weighted by molar-refractivity contribution is -0.147. The van der Waals surface area contributed by atoms with Gasteiger partial charge in [-0.05, 0) is 50.5 Å². The molecular weight excluding hydrogens is 692 g/mol. The standard InChI is InChI=1S/C40H66N6O8/c1-11-26(4)34(44(8)37(50)33(25(2)3)43-39(52)46-21-19-41-38(51)40(46,6)7)31(53-9)23-32(48)45-20-15-18-30(45)35(54-10)27(5)36(49)42-29(24-47)22-28-16-13-12-14-17-28/h12-14,16-17,25-27,29-31,33-35,47H,11,15,18-24H2,1-10H3,(H,41,51)(H,42,49)(H,43,52)/t26-,27+,29-,30-,31-,33-,34-,35+/m0/s1. The molecule has 2 heterocycles. The van der Waals surface area contributed by atoms with E-state index in [4.69, 9.17) is 9.47 Å². The second kappa shape index (κ2) is 20.2. The summed E-state index contributed by atoms with van der Waals surface area (Å²) in [5, 5.41) is 18.7. The van der Waals surface area contributed by atoms with Crippen LogP contribution < -0.4 is 16.0 Å². The fraction of sp³-hybridized carbons (Fsp3) is 0.725. The topological polar surface area (TPSA) is 170 Å². The molecule has 2 aliphatic rings. The summed E-state index contributed by atoms with van der Waals surface area (Å²) in [6.07, 6.45) is 1.33. The summed E-state index contributed by atoms with van der Waals surface area (Å²) in [5.74, 6) is -1.95. The van der Waals surface area contributed by atoms with Gasteiger partial charge in [0.25, 0.3) is 0 Å². The highest BCUT2D eigenvalue weighted by Gasteiger charge is 2.45. The van der Waals surface area contributed by atoms with Gasteiger partial charge < -0.3 is 45.2 Å². The first kappa shape index (κ1) is 44.6. The first-order valence-corrected chi connectivity index (χ1v) is 19.5. The maximum Gasteiger partial charge on any atom is 0.319 e. The molecular formula is C40H66N6O8. The number of likely N-dealkylation sites (tertiary alicyclic amines) is 1. The number of methoxy groups -OCH3 is 2. The molecule has 8 atom stereocenters. The summed E-state index contributed by atoms with van der Waals surface area (Å²) in [6, 6.07) is 6.93. The number of amides is 6. The highest BCUT2D eigenvalue weighted by molar-refractivity contribution is 5.93. The Balaban J connectivity index is 1.76. The Morgan fingerprint density at radius 2 is 1.70 bits per heavy atom. The molecule has 4 N–H and O–H groups in total. The largest absolute Gasteiger partial charge is 0.394 e. The number of urea groups is 1. The number of carbonyl (C=O) groups is 5. The summed E-state index contributed by atoms with van der Waals surface area (Å²) in [6.45, 7) is 13.8. The van der Waals surface area contributed by atoms with Crippen LogP contribution in [0.25, 0.3) is 0 Å². The van der Waals surface area contributed by atoms with Crippen molar-refractivity contribution >= 4 is 29.7 Å². The van der Waals surface area contributed by atoms with E-state index in [9.17, 15) is 29.1 Å². The molecule has 0 saturated carbocycles. The Kier molecular flexibility index (Phi) is 16.7. The third kappa shape index (κ3) is 10.7. The molecule has 14 heteroatoms. The molecule has 2 fully saturated rings. The van der Waals surface area contributed by atoms with E-state index < -0.39 is 47.8 Å². The van der Waals surface area contributed by atoms with Crippen molar-refractivity contribution in [3.05, 3.63) is 35.9 Å². The van der Waals surface area contributed by atoms with Crippen molar-refractivity contribution in [2.45, 2.75) is 122 Å². The van der Waals surface area contributed by atoms with Crippen LogP contribution in [0.15, 0.2) is 30.3 Å². The second-order valence-corrected chi connectivity index (χ2v) is 15.8. The van der Waals surface area contributed by atoms with Crippen LogP contribution in [0.1, 0.15) is 79.7 Å². The minimum atomic E-state index is -1.08. The van der Waals surface area contributed by atoms with Crippen LogP contribution in [0.5, 0.6) is 0 Å². The van der Waals surface area contributed by atoms with Gasteiger partial charge in [0.15, 0.2) is 0 Å². The second-order valence-electron chi connectivity index (χ2n) is 15.8. The van der Waals surface area contributed by atoms with Crippen LogP contribution in [0, 0.1) is 17.8 Å². The number of aliphatic hydroxyl groups is 1. The number of carbonyl (C=O) groups excluding carboxylic acids is 5. The van der Waals surface area contributed by atoms with E-state index in [0.717, 1.165) is 12.0 Å². The fourth-order valence-corrected chi connectivity index (χ4v) is 7.90. The van der Waals surface area contributed by atoms with Crippen LogP contribution in [-0.4, -0.2) is 139 Å². The van der Waals surface area contributed by atoms with Crippen molar-refractivity contribution in [1.82, 2.24) is 30.7 Å². The Hall–Kier alpha value is -3.75. The smallest absolute Gasteiger partial charge is 0.319 e. The number of aliphatic hydroxyl groups excluding tert-OH is 1. The Morgan fingerprint density at radius 3 is 2.28 bits per heavy atom. The number of benzene rings is 1. The number of hydrogen-bond donors (Lipinski definition) is 4. The van der Waals surface area contributed by atoms with Crippen molar-refractivity contribution in [2.24, 2.45) is 17.8 Å². The molecule has 1 aromatic rings. The van der Waals surface area contributed by atoms with Gasteiger partial charge in [-0.1, -0.05) is 71.4 Å². The summed E-state index contributed by atoms with van der Waals surface area (Å²) in [4.78, 5) is 72.8. The summed E-state index contributed by atoms with van der Waals surface area (Å²) >= 11 is 0. The number of rotatable bonds is 18. The summed E-state index contributed by atoms with van der Waals surface area (Å²) < 4.78 is 11.9. The van der Waals surface area contributed by atoms with Gasteiger partial charge in [0, 0.05) is 40.9 Å². The van der Waals surface area contributed by atoms with Crippen LogP contribution in [0.2, 0.25) is 0 Å². The van der Waals surface area contributed by atoms with Crippen molar-refractivity contribution in [3.63, 3.8) is 0 Å². The zero-order chi connectivity index (χ0) is 40.3. The van der Waals surface area contributed by atoms with E-state index >= 15 is 0 Å². The molecule has 0 radical (unpaired) electrons. The molecule has 54 heavy (non-hydrogen) atoms. The summed E-state index contributed by atoms with van der Waals surface area (Å²) in [5.41, 5.74) is -0.0850. The SMILES string of the molecule is CC[C@H](C)[C@@H]([C@H](CC(=O)N1CCC[C@H]1[C@H](OC)[C@@H](C)C(=O)N[C@H](CO)Cc1ccccc1)OC)N(C)C(=O)[C@@H](NC(=O)N1CCNC(=O)C1(C)C)C(C)C. The number of likely N-dealkylation sites (N-methyl/N-ethyl adjacent to an activating group) is 1. The Morgan fingerprint density at radius 1 is 1.04 bits per heavy atom. The predicted molar refractivity (Wildman–Crippen MR) is 206 cm³/mol. The third-order valence-electron chi connectivity index (χ3n) is 11.5. The highest BCUT2D eigenvalue weighted by atomic mass is 16.5. The van der Waals surface area contributed by atoms with Gasteiger partial charge in [-0.15, -0.1) is 0 Å². The average Bonchev–Trinajstić information content (AvgIpc) is 3.63. The first-order chi connectivity index (χ1) is 25.5. The van der Waals surface area contributed by atoms with Crippen molar-refractivity contribution in [2.75, 3.05) is 47.5 Å². The molecule has 3 rings (SSSR count). The first-order valence-electron chi connectivity index (χ1n) is 19.5. The molecule has 1 aromatic carbocycles. The van der Waals surface area contributed by atoms with Crippen molar-refractivity contribution in [1.29, 1.82) is 0 Å². The van der Waals surface area contributed by atoms with Crippen LogP contribution in [0.4, 0.5) is 4.79 Å². The summed E-state index contributed by atoms with van der Waals surface area (Å²) in [7, 11) is 4.77. The van der Waals surface area contributed by atoms with Crippen LogP contribution in [0.3, 0.4) is 0 Å². The van der Waals surface area contributed by atoms with Gasteiger partial charge >= 0.3 is 6.03 Å². The molecule has 6 amide bonds. The molecule has 0 aliphatic carbocycles. The van der Waals surface area contributed by atoms with E-state index in [-0.39, 0.29) is 54.5 Å². The molecule has 0 spiro atoms. The minimum absolute atomic E-state index is 0.00389. The number of piperazine rings is 1. The number of nitrogens with zero attached hydrogens (tertiary/aromatic N) is 3. The van der Waals surface area contributed by atoms with E-state index in [0.29, 0.717) is 38.9 Å². The van der Waals surface area contributed by atoms with Crippen molar-refractivity contribution < 1.29 is 38.6 Å². The number of hydrogen-bond acceptors (Lipinski definition) is 8. The molecule has 0 bridgehead atoms. The number of nitrogens with one attached hydrogen (secondary N) is 3. The van der Waals surface area contributed by atoms with Crippen molar-refractivity contribution in [3.8, 4) is 0 Å². The van der Waals surface area contributed by atoms with E-state index in [1.165, 1.54) is 12.0 Å². The van der Waals surface area contributed by atoms with E-state index in [2.05, 4.69) is 16.0 Å². The average molecular weight is 759 g/mol. The van der Waals surface area contributed by atoms with Gasteiger partial charge in [-0.2, -0.15) is 0 Å². The van der Waals surface area contributed by atoms with Gasteiger partial charge in [0.1, 0.15) is 11.6 Å². The number of ether oxygens (including phenoxy) is 2. The molecule has 14 nitrogen and oxygen atoms in total. The molecule has 2 aliphatic heterocycles. The quantitative estimate of drug-likeness (QED) is 0.177. The van der Waals surface area contributed by atoms with Crippen LogP contribution in [-0.2, 0) is 35.1 Å². The lowest BCUT2D eigenvalue weighted by Gasteiger charge is -2.43. The molecule has 2 saturated heterocycles. The van der Waals surface area contributed by atoms with Gasteiger partial charge in [-0.25, -0.2) is 4.79 Å². The molecule has 0 aromatic heterocycles. The Labute approximate surface area is 322 Å². The lowest BCUT2D eigenvalue weighted by Crippen LogP contribution is -2.67. The van der Waals surface area contributed by atoms with Crippen LogP contribution >= 0.6 is 0 Å². The van der Waals surface area contributed by atoms with Gasteiger partial charge in [0.05, 0.1) is 49.3 Å². The normalized spacial score (nSPS) is 21.0.